The van der Waals surface area contributed by atoms with Gasteiger partial charge in [-0.25, -0.2) is 4.68 Å². The van der Waals surface area contributed by atoms with E-state index in [1.807, 2.05) is 18.4 Å². The number of rotatable bonds is 3. The van der Waals surface area contributed by atoms with Gasteiger partial charge in [0.1, 0.15) is 5.69 Å². The third-order valence-corrected chi connectivity index (χ3v) is 4.15. The van der Waals surface area contributed by atoms with Crippen molar-refractivity contribution in [2.75, 3.05) is 5.73 Å². The van der Waals surface area contributed by atoms with E-state index in [4.69, 9.17) is 5.73 Å². The fourth-order valence-electron chi connectivity index (χ4n) is 2.06. The number of hydrogen-bond donors (Lipinski definition) is 1. The highest BCUT2D eigenvalue weighted by molar-refractivity contribution is 7.13. The Kier molecular flexibility index (Phi) is 3.19. The number of anilines is 1. The lowest BCUT2D eigenvalue weighted by Crippen LogP contribution is -1.96. The molecule has 2 N–H and O–H groups in total. The van der Waals surface area contributed by atoms with Gasteiger partial charge in [0.2, 0.25) is 0 Å². The third-order valence-electron chi connectivity index (χ3n) is 3.12. The molecule has 0 radical (unpaired) electrons. The van der Waals surface area contributed by atoms with Gasteiger partial charge >= 0.3 is 0 Å². The Morgan fingerprint density at radius 3 is 2.86 bits per heavy atom. The molecule has 106 valence electrons. The minimum absolute atomic E-state index is 0.0235. The normalized spacial score (nSPS) is 10.7. The van der Waals surface area contributed by atoms with E-state index >= 15 is 0 Å². The number of aromatic nitrogens is 2. The van der Waals surface area contributed by atoms with Gasteiger partial charge < -0.3 is 5.73 Å². The van der Waals surface area contributed by atoms with Crippen LogP contribution in [-0.2, 0) is 0 Å². The number of nitro groups is 1. The van der Waals surface area contributed by atoms with Crippen molar-refractivity contribution in [3.63, 3.8) is 0 Å². The molecule has 0 aliphatic rings. The number of nitro benzene ring substituents is 1. The van der Waals surface area contributed by atoms with Crippen LogP contribution in [0.1, 0.15) is 5.56 Å². The molecule has 0 saturated heterocycles. The molecule has 0 atom stereocenters. The Bertz CT molecular complexity index is 822. The summed E-state index contributed by atoms with van der Waals surface area (Å²) < 4.78 is 1.57. The lowest BCUT2D eigenvalue weighted by atomic mass is 10.2. The third kappa shape index (κ3) is 2.38. The van der Waals surface area contributed by atoms with Crippen LogP contribution in [0.25, 0.3) is 16.3 Å². The van der Waals surface area contributed by atoms with Crippen molar-refractivity contribution in [3.8, 4) is 16.3 Å². The van der Waals surface area contributed by atoms with Crippen LogP contribution in [0.4, 0.5) is 11.4 Å². The smallest absolute Gasteiger partial charge is 0.271 e. The molecule has 7 heteroatoms. The van der Waals surface area contributed by atoms with E-state index < -0.39 is 4.92 Å². The first-order valence-electron chi connectivity index (χ1n) is 6.20. The summed E-state index contributed by atoms with van der Waals surface area (Å²) in [5, 5.41) is 17.3. The second-order valence-electron chi connectivity index (χ2n) is 4.59. The highest BCUT2D eigenvalue weighted by Crippen LogP contribution is 2.32. The molecule has 6 nitrogen and oxygen atoms in total. The number of thiophene rings is 1. The number of nitrogens with two attached hydrogens (primary N) is 1. The first-order chi connectivity index (χ1) is 10.1. The predicted octanol–water partition coefficient (Wildman–Crippen LogP) is 3.40. The zero-order chi connectivity index (χ0) is 15.0. The van der Waals surface area contributed by atoms with Gasteiger partial charge in [0.05, 0.1) is 27.4 Å². The quantitative estimate of drug-likeness (QED) is 0.593. The summed E-state index contributed by atoms with van der Waals surface area (Å²) in [6, 6.07) is 8.30. The van der Waals surface area contributed by atoms with E-state index in [1.54, 1.807) is 34.3 Å². The minimum atomic E-state index is -0.430. The summed E-state index contributed by atoms with van der Waals surface area (Å²) in [5.74, 6) is 0. The summed E-state index contributed by atoms with van der Waals surface area (Å²) in [7, 11) is 0. The van der Waals surface area contributed by atoms with Crippen molar-refractivity contribution in [1.82, 2.24) is 9.78 Å². The highest BCUT2D eigenvalue weighted by Gasteiger charge is 2.14. The average Bonchev–Trinajstić information content (AvgIpc) is 3.04. The molecular weight excluding hydrogens is 288 g/mol. The van der Waals surface area contributed by atoms with Crippen molar-refractivity contribution in [3.05, 3.63) is 57.6 Å². The Morgan fingerprint density at radius 2 is 2.19 bits per heavy atom. The molecule has 2 aromatic heterocycles. The highest BCUT2D eigenvalue weighted by atomic mass is 32.1. The molecule has 0 unspecified atom stereocenters. The number of non-ortho nitro benzene ring substituents is 1. The maximum absolute atomic E-state index is 10.8. The fourth-order valence-corrected chi connectivity index (χ4v) is 2.99. The summed E-state index contributed by atoms with van der Waals surface area (Å²) in [6.07, 6.45) is 1.67. The van der Waals surface area contributed by atoms with Crippen LogP contribution in [0.5, 0.6) is 0 Å². The molecule has 0 aliphatic heterocycles. The average molecular weight is 300 g/mol. The van der Waals surface area contributed by atoms with Gasteiger partial charge in [-0.2, -0.15) is 5.10 Å². The molecule has 3 aromatic rings. The lowest BCUT2D eigenvalue weighted by Gasteiger charge is -2.00. The SMILES string of the molecule is Cc1ccsc1-c1nn(-c2cccc([N+](=O)[O-])c2)cc1N. The Morgan fingerprint density at radius 1 is 1.38 bits per heavy atom. The first-order valence-corrected chi connectivity index (χ1v) is 7.08. The Labute approximate surface area is 124 Å². The molecule has 0 bridgehead atoms. The number of aryl methyl sites for hydroxylation is 1. The zero-order valence-electron chi connectivity index (χ0n) is 11.2. The molecule has 2 heterocycles. The molecule has 0 spiro atoms. The lowest BCUT2D eigenvalue weighted by molar-refractivity contribution is -0.384. The van der Waals surface area contributed by atoms with E-state index in [2.05, 4.69) is 5.10 Å². The van der Waals surface area contributed by atoms with E-state index in [0.29, 0.717) is 17.1 Å². The van der Waals surface area contributed by atoms with Crippen LogP contribution in [0.3, 0.4) is 0 Å². The van der Waals surface area contributed by atoms with E-state index in [0.717, 1.165) is 10.4 Å². The van der Waals surface area contributed by atoms with Crippen LogP contribution in [0.15, 0.2) is 41.9 Å². The fraction of sp³-hybridized carbons (Fsp3) is 0.0714. The maximum atomic E-state index is 10.8. The van der Waals surface area contributed by atoms with Gasteiger partial charge in [0.25, 0.3) is 5.69 Å². The summed E-state index contributed by atoms with van der Waals surface area (Å²) in [5.41, 5.74) is 9.02. The number of nitrogen functional groups attached to an aromatic ring is 1. The zero-order valence-corrected chi connectivity index (χ0v) is 12.0. The molecule has 3 rings (SSSR count). The maximum Gasteiger partial charge on any atom is 0.271 e. The van der Waals surface area contributed by atoms with Gasteiger partial charge in [0, 0.05) is 12.1 Å². The van der Waals surface area contributed by atoms with Crippen LogP contribution in [-0.4, -0.2) is 14.7 Å². The van der Waals surface area contributed by atoms with Gasteiger partial charge in [-0.3, -0.25) is 10.1 Å². The van der Waals surface area contributed by atoms with Crippen molar-refractivity contribution in [2.45, 2.75) is 6.92 Å². The van der Waals surface area contributed by atoms with Gasteiger partial charge in [-0.1, -0.05) is 6.07 Å². The minimum Gasteiger partial charge on any atom is -0.396 e. The van der Waals surface area contributed by atoms with Crippen molar-refractivity contribution >= 4 is 22.7 Å². The van der Waals surface area contributed by atoms with E-state index in [1.165, 1.54) is 12.1 Å². The second kappa shape index (κ2) is 5.02. The monoisotopic (exact) mass is 300 g/mol. The van der Waals surface area contributed by atoms with Crippen LogP contribution < -0.4 is 5.73 Å². The standard InChI is InChI=1S/C14H12N4O2S/c1-9-5-6-21-14(9)13-12(15)8-17(16-13)10-3-2-4-11(7-10)18(19)20/h2-8H,15H2,1H3. The topological polar surface area (TPSA) is 87.0 Å². The molecule has 0 aliphatic carbocycles. The van der Waals surface area contributed by atoms with Crippen LogP contribution in [0.2, 0.25) is 0 Å². The van der Waals surface area contributed by atoms with Gasteiger partial charge in [-0.05, 0) is 30.0 Å². The van der Waals surface area contributed by atoms with Crippen LogP contribution >= 0.6 is 11.3 Å². The molecule has 0 saturated carbocycles. The number of benzene rings is 1. The number of nitrogens with zero attached hydrogens (tertiary/aromatic N) is 3. The van der Waals surface area contributed by atoms with E-state index in [9.17, 15) is 10.1 Å². The Balaban J connectivity index is 2.07. The van der Waals surface area contributed by atoms with E-state index in [-0.39, 0.29) is 5.69 Å². The number of hydrogen-bond acceptors (Lipinski definition) is 5. The molecule has 21 heavy (non-hydrogen) atoms. The van der Waals surface area contributed by atoms with Crippen molar-refractivity contribution in [2.24, 2.45) is 0 Å². The van der Waals surface area contributed by atoms with Gasteiger partial charge in [0.15, 0.2) is 0 Å². The summed E-state index contributed by atoms with van der Waals surface area (Å²) in [4.78, 5) is 11.4. The second-order valence-corrected chi connectivity index (χ2v) is 5.50. The largest absolute Gasteiger partial charge is 0.396 e. The molecule has 1 aromatic carbocycles. The molecular formula is C14H12N4O2S. The Hall–Kier alpha value is -2.67. The molecule has 0 amide bonds. The molecule has 0 fully saturated rings. The first kappa shape index (κ1) is 13.3. The van der Waals surface area contributed by atoms with Crippen LogP contribution in [0, 0.1) is 17.0 Å². The van der Waals surface area contributed by atoms with Gasteiger partial charge in [-0.15, -0.1) is 11.3 Å². The van der Waals surface area contributed by atoms with Crippen molar-refractivity contribution < 1.29 is 4.92 Å². The van der Waals surface area contributed by atoms with Crippen molar-refractivity contribution in [1.29, 1.82) is 0 Å². The summed E-state index contributed by atoms with van der Waals surface area (Å²) >= 11 is 1.57. The summed E-state index contributed by atoms with van der Waals surface area (Å²) in [6.45, 7) is 2.00. The predicted molar refractivity (Wildman–Crippen MR) is 82.7 cm³/mol.